The summed E-state index contributed by atoms with van der Waals surface area (Å²) in [6, 6.07) is 0. The van der Waals surface area contributed by atoms with Crippen LogP contribution in [0.5, 0.6) is 0 Å². The zero-order valence-electron chi connectivity index (χ0n) is 10.8. The molecule has 0 radical (unpaired) electrons. The summed E-state index contributed by atoms with van der Waals surface area (Å²) in [4.78, 5) is 11.7. The van der Waals surface area contributed by atoms with Crippen molar-refractivity contribution in [1.82, 2.24) is 0 Å². The van der Waals surface area contributed by atoms with Crippen LogP contribution in [0.2, 0.25) is 0 Å². The lowest BCUT2D eigenvalue weighted by Gasteiger charge is -2.28. The van der Waals surface area contributed by atoms with E-state index in [1.165, 1.54) is 7.11 Å². The van der Waals surface area contributed by atoms with E-state index >= 15 is 0 Å². The molecule has 5 nitrogen and oxygen atoms in total. The van der Waals surface area contributed by atoms with Crippen molar-refractivity contribution in [3.63, 3.8) is 0 Å². The van der Waals surface area contributed by atoms with Gasteiger partial charge in [-0.25, -0.2) is 0 Å². The normalized spacial score (nSPS) is 29.2. The standard InChI is InChI=1S/C12H23NO4S/c1-17-11(16)12(13)5-2-3-9(12)4-6-18-8-10(15)7-14/h9-10,14-15H,2-8,13H2,1H3. The minimum absolute atomic E-state index is 0.156. The number of hydrogen-bond acceptors (Lipinski definition) is 6. The van der Waals surface area contributed by atoms with Crippen LogP contribution in [0.25, 0.3) is 0 Å². The molecule has 0 aromatic rings. The average Bonchev–Trinajstić information content (AvgIpc) is 2.76. The van der Waals surface area contributed by atoms with Crippen molar-refractivity contribution in [2.75, 3.05) is 25.2 Å². The van der Waals surface area contributed by atoms with Crippen LogP contribution in [0.3, 0.4) is 0 Å². The SMILES string of the molecule is COC(=O)C1(N)CCCC1CCSCC(O)CO. The first kappa shape index (κ1) is 15.8. The van der Waals surface area contributed by atoms with Gasteiger partial charge in [0.1, 0.15) is 5.54 Å². The Hall–Kier alpha value is -0.300. The van der Waals surface area contributed by atoms with E-state index in [4.69, 9.17) is 15.6 Å². The van der Waals surface area contributed by atoms with Gasteiger partial charge in [0.2, 0.25) is 0 Å². The second-order valence-corrected chi connectivity index (χ2v) is 5.97. The van der Waals surface area contributed by atoms with E-state index in [1.807, 2.05) is 0 Å². The molecule has 6 heteroatoms. The van der Waals surface area contributed by atoms with Gasteiger partial charge in [0, 0.05) is 5.75 Å². The Labute approximate surface area is 112 Å². The lowest BCUT2D eigenvalue weighted by molar-refractivity contribution is -0.148. The molecular formula is C12H23NO4S. The molecule has 3 atom stereocenters. The third-order valence-electron chi connectivity index (χ3n) is 3.57. The van der Waals surface area contributed by atoms with E-state index < -0.39 is 11.6 Å². The largest absolute Gasteiger partial charge is 0.468 e. The van der Waals surface area contributed by atoms with E-state index in [9.17, 15) is 9.90 Å². The third kappa shape index (κ3) is 3.85. The van der Waals surface area contributed by atoms with Crippen LogP contribution in [-0.4, -0.2) is 53.0 Å². The van der Waals surface area contributed by atoms with Crippen LogP contribution in [-0.2, 0) is 9.53 Å². The zero-order valence-corrected chi connectivity index (χ0v) is 11.6. The number of nitrogens with two attached hydrogens (primary N) is 1. The van der Waals surface area contributed by atoms with Crippen molar-refractivity contribution in [1.29, 1.82) is 0 Å². The number of carbonyl (C=O) groups excluding carboxylic acids is 1. The van der Waals surface area contributed by atoms with Crippen LogP contribution in [0.15, 0.2) is 0 Å². The fourth-order valence-electron chi connectivity index (χ4n) is 2.46. The minimum atomic E-state index is -0.828. The first-order valence-electron chi connectivity index (χ1n) is 6.28. The lowest BCUT2D eigenvalue weighted by Crippen LogP contribution is -2.51. The number of aliphatic hydroxyl groups is 2. The lowest BCUT2D eigenvalue weighted by atomic mass is 9.86. The summed E-state index contributed by atoms with van der Waals surface area (Å²) < 4.78 is 4.79. The highest BCUT2D eigenvalue weighted by atomic mass is 32.2. The monoisotopic (exact) mass is 277 g/mol. The maximum Gasteiger partial charge on any atom is 0.326 e. The maximum atomic E-state index is 11.7. The van der Waals surface area contributed by atoms with Crippen LogP contribution in [0.4, 0.5) is 0 Å². The summed E-state index contributed by atoms with van der Waals surface area (Å²) in [5.41, 5.74) is 5.32. The number of thioether (sulfide) groups is 1. The third-order valence-corrected chi connectivity index (χ3v) is 4.71. The van der Waals surface area contributed by atoms with Crippen LogP contribution in [0.1, 0.15) is 25.7 Å². The topological polar surface area (TPSA) is 92.8 Å². The minimum Gasteiger partial charge on any atom is -0.468 e. The van der Waals surface area contributed by atoms with E-state index in [2.05, 4.69) is 0 Å². The Morgan fingerprint density at radius 1 is 1.67 bits per heavy atom. The van der Waals surface area contributed by atoms with Crippen molar-refractivity contribution in [2.45, 2.75) is 37.3 Å². The second-order valence-electron chi connectivity index (χ2n) is 4.82. The number of carbonyl (C=O) groups is 1. The van der Waals surface area contributed by atoms with Gasteiger partial charge >= 0.3 is 5.97 Å². The molecule has 1 fully saturated rings. The first-order valence-corrected chi connectivity index (χ1v) is 7.44. The summed E-state index contributed by atoms with van der Waals surface area (Å²) in [6.45, 7) is -0.209. The van der Waals surface area contributed by atoms with Gasteiger partial charge in [-0.05, 0) is 30.9 Å². The van der Waals surface area contributed by atoms with Gasteiger partial charge in [0.05, 0.1) is 19.8 Å². The molecule has 0 aromatic carbocycles. The summed E-state index contributed by atoms with van der Waals surface area (Å²) in [5, 5.41) is 17.9. The van der Waals surface area contributed by atoms with Crippen LogP contribution < -0.4 is 5.73 Å². The number of hydrogen-bond donors (Lipinski definition) is 3. The van der Waals surface area contributed by atoms with Gasteiger partial charge in [-0.15, -0.1) is 0 Å². The molecule has 0 heterocycles. The number of ether oxygens (including phenoxy) is 1. The zero-order chi connectivity index (χ0) is 13.6. The maximum absolute atomic E-state index is 11.7. The highest BCUT2D eigenvalue weighted by Gasteiger charge is 2.46. The van der Waals surface area contributed by atoms with E-state index in [0.29, 0.717) is 12.2 Å². The Morgan fingerprint density at radius 2 is 2.39 bits per heavy atom. The van der Waals surface area contributed by atoms with E-state index in [1.54, 1.807) is 11.8 Å². The number of methoxy groups -OCH3 is 1. The summed E-state index contributed by atoms with van der Waals surface area (Å²) in [5.74, 6) is 1.19. The Kier molecular flexibility index (Phi) is 6.42. The predicted octanol–water partition coefficient (Wildman–Crippen LogP) is 0.133. The van der Waals surface area contributed by atoms with Gasteiger partial charge in [-0.1, -0.05) is 6.42 Å². The summed E-state index contributed by atoms with van der Waals surface area (Å²) >= 11 is 1.58. The van der Waals surface area contributed by atoms with Gasteiger partial charge in [-0.2, -0.15) is 11.8 Å². The highest BCUT2D eigenvalue weighted by Crippen LogP contribution is 2.37. The van der Waals surface area contributed by atoms with Gasteiger partial charge < -0.3 is 20.7 Å². The highest BCUT2D eigenvalue weighted by molar-refractivity contribution is 7.99. The van der Waals surface area contributed by atoms with Crippen molar-refractivity contribution >= 4 is 17.7 Å². The van der Waals surface area contributed by atoms with Gasteiger partial charge in [0.25, 0.3) is 0 Å². The van der Waals surface area contributed by atoms with Crippen LogP contribution in [0, 0.1) is 5.92 Å². The number of rotatable bonds is 7. The molecule has 0 aromatic heterocycles. The second kappa shape index (κ2) is 7.33. The van der Waals surface area contributed by atoms with Crippen molar-refractivity contribution in [2.24, 2.45) is 11.7 Å². The van der Waals surface area contributed by atoms with Crippen molar-refractivity contribution < 1.29 is 19.7 Å². The molecule has 0 aliphatic heterocycles. The molecule has 106 valence electrons. The Morgan fingerprint density at radius 3 is 3.00 bits per heavy atom. The average molecular weight is 277 g/mol. The molecule has 4 N–H and O–H groups in total. The molecule has 18 heavy (non-hydrogen) atoms. The number of esters is 1. The smallest absolute Gasteiger partial charge is 0.326 e. The van der Waals surface area contributed by atoms with E-state index in [-0.39, 0.29) is 18.5 Å². The van der Waals surface area contributed by atoms with Gasteiger partial charge in [0.15, 0.2) is 0 Å². The van der Waals surface area contributed by atoms with E-state index in [0.717, 1.165) is 25.0 Å². The summed E-state index contributed by atoms with van der Waals surface area (Å²) in [6.07, 6.45) is 2.78. The molecule has 0 amide bonds. The molecular weight excluding hydrogens is 254 g/mol. The number of aliphatic hydroxyl groups excluding tert-OH is 2. The fourth-order valence-corrected chi connectivity index (χ4v) is 3.46. The Balaban J connectivity index is 2.35. The molecule has 0 bridgehead atoms. The fraction of sp³-hybridized carbons (Fsp3) is 0.917. The molecule has 1 saturated carbocycles. The van der Waals surface area contributed by atoms with Crippen molar-refractivity contribution in [3.8, 4) is 0 Å². The van der Waals surface area contributed by atoms with Crippen molar-refractivity contribution in [3.05, 3.63) is 0 Å². The predicted molar refractivity (Wildman–Crippen MR) is 71.3 cm³/mol. The molecule has 0 saturated heterocycles. The molecule has 3 unspecified atom stereocenters. The van der Waals surface area contributed by atoms with Crippen LogP contribution >= 0.6 is 11.8 Å². The molecule has 1 rings (SSSR count). The van der Waals surface area contributed by atoms with Gasteiger partial charge in [-0.3, -0.25) is 4.79 Å². The quantitative estimate of drug-likeness (QED) is 0.452. The molecule has 0 spiro atoms. The molecule has 1 aliphatic rings. The molecule has 1 aliphatic carbocycles. The Bertz CT molecular complexity index is 277. The first-order chi connectivity index (χ1) is 8.54. The summed E-state index contributed by atoms with van der Waals surface area (Å²) in [7, 11) is 1.37.